The Morgan fingerprint density at radius 2 is 1.70 bits per heavy atom. The van der Waals surface area contributed by atoms with Gasteiger partial charge in [0.25, 0.3) is 0 Å². The molecule has 4 heteroatoms. The highest BCUT2D eigenvalue weighted by Gasteiger charge is 1.87. The maximum atomic E-state index is 8.79. The van der Waals surface area contributed by atoms with Crippen molar-refractivity contribution >= 4 is 5.69 Å². The van der Waals surface area contributed by atoms with Crippen LogP contribution in [-0.2, 0) is 0 Å². The first-order valence-electron chi connectivity index (χ1n) is 2.54. The van der Waals surface area contributed by atoms with E-state index in [2.05, 4.69) is 0 Å². The van der Waals surface area contributed by atoms with Crippen LogP contribution in [0.5, 0.6) is 5.75 Å². The van der Waals surface area contributed by atoms with Gasteiger partial charge in [0.2, 0.25) is 0 Å². The van der Waals surface area contributed by atoms with E-state index < -0.39 is 0 Å². The van der Waals surface area contributed by atoms with E-state index in [1.807, 2.05) is 0 Å². The van der Waals surface area contributed by atoms with Crippen molar-refractivity contribution in [3.63, 3.8) is 0 Å². The minimum Gasteiger partial charge on any atom is -0.506 e. The zero-order valence-electron chi connectivity index (χ0n) is 5.23. The van der Waals surface area contributed by atoms with Crippen molar-refractivity contribution in [2.45, 2.75) is 0 Å². The van der Waals surface area contributed by atoms with E-state index in [0.717, 1.165) is 0 Å². The third-order valence-electron chi connectivity index (χ3n) is 0.937. The normalized spacial score (nSPS) is 7.40. The number of nitrogens with two attached hydrogens (primary N) is 1. The number of phenols is 1. The van der Waals surface area contributed by atoms with E-state index in [0.29, 0.717) is 5.69 Å². The second kappa shape index (κ2) is 4.15. The summed E-state index contributed by atoms with van der Waals surface area (Å²) in [5.41, 5.74) is 5.69. The molecule has 0 amide bonds. The summed E-state index contributed by atoms with van der Waals surface area (Å²) in [6.07, 6.45) is 0. The summed E-state index contributed by atoms with van der Waals surface area (Å²) in [5.74, 6) is 0.146. The van der Waals surface area contributed by atoms with Gasteiger partial charge in [0.05, 0.1) is 5.69 Å². The van der Waals surface area contributed by atoms with Crippen LogP contribution in [0.4, 0.5) is 5.69 Å². The molecule has 0 aliphatic carbocycles. The van der Waals surface area contributed by atoms with Gasteiger partial charge < -0.3 is 10.8 Å². The largest absolute Gasteiger partial charge is 0.506 e. The fraction of sp³-hybridized carbons (Fsp3) is 0. The highest BCUT2D eigenvalue weighted by molar-refractivity contribution is 5.50. The highest BCUT2D eigenvalue weighted by Crippen LogP contribution is 2.16. The zero-order chi connectivity index (χ0) is 7.98. The Balaban J connectivity index is 0.000000371. The van der Waals surface area contributed by atoms with Gasteiger partial charge in [-0.25, -0.2) is 0 Å². The van der Waals surface area contributed by atoms with Crippen LogP contribution in [0, 0.1) is 10.8 Å². The van der Waals surface area contributed by atoms with Crippen LogP contribution in [0.1, 0.15) is 0 Å². The molecule has 52 valence electrons. The van der Waals surface area contributed by atoms with Crippen LogP contribution in [0.2, 0.25) is 0 Å². The van der Waals surface area contributed by atoms with Gasteiger partial charge in [0.1, 0.15) is 5.75 Å². The maximum Gasteiger partial charge on any atom is 0.138 e. The molecular weight excluding hydrogens is 130 g/mol. The number of phenolic OH excluding ortho intramolecular Hbond substituents is 1. The smallest absolute Gasteiger partial charge is 0.138 e. The van der Waals surface area contributed by atoms with Gasteiger partial charge in [-0.3, -0.25) is 0 Å². The SMILES string of the molecule is N#N.Nc1ccccc1O. The summed E-state index contributed by atoms with van der Waals surface area (Å²) in [6.45, 7) is 0. The van der Waals surface area contributed by atoms with E-state index in [1.165, 1.54) is 0 Å². The molecule has 0 aliphatic heterocycles. The molecule has 0 fully saturated rings. The van der Waals surface area contributed by atoms with Crippen LogP contribution in [-0.4, -0.2) is 5.11 Å². The molecule has 3 N–H and O–H groups in total. The molecule has 1 rings (SSSR count). The molecule has 0 atom stereocenters. The number of hydrogen-bond acceptors (Lipinski definition) is 4. The van der Waals surface area contributed by atoms with Gasteiger partial charge in [-0.1, -0.05) is 12.1 Å². The number of hydrogen-bond donors (Lipinski definition) is 2. The first-order valence-corrected chi connectivity index (χ1v) is 2.54. The fourth-order valence-corrected chi connectivity index (χ4v) is 0.488. The summed E-state index contributed by atoms with van der Waals surface area (Å²) in [6, 6.07) is 6.70. The number of para-hydroxylation sites is 2. The van der Waals surface area contributed by atoms with E-state index in [-0.39, 0.29) is 5.75 Å². The van der Waals surface area contributed by atoms with Crippen LogP contribution >= 0.6 is 0 Å². The molecule has 0 radical (unpaired) electrons. The van der Waals surface area contributed by atoms with E-state index in [9.17, 15) is 0 Å². The third kappa shape index (κ3) is 2.01. The predicted molar refractivity (Wildman–Crippen MR) is 36.0 cm³/mol. The first-order chi connectivity index (χ1) is 4.80. The Morgan fingerprint density at radius 3 is 2.00 bits per heavy atom. The van der Waals surface area contributed by atoms with Gasteiger partial charge in [-0.05, 0) is 12.1 Å². The third-order valence-corrected chi connectivity index (χ3v) is 0.937. The molecule has 10 heavy (non-hydrogen) atoms. The molecular formula is C6H7N3O. The topological polar surface area (TPSA) is 93.8 Å². The van der Waals surface area contributed by atoms with E-state index in [4.69, 9.17) is 21.6 Å². The van der Waals surface area contributed by atoms with Crippen molar-refractivity contribution in [1.82, 2.24) is 0 Å². The maximum absolute atomic E-state index is 8.79. The summed E-state index contributed by atoms with van der Waals surface area (Å²) < 4.78 is 0. The van der Waals surface area contributed by atoms with Crippen molar-refractivity contribution in [3.8, 4) is 5.75 Å². The lowest BCUT2D eigenvalue weighted by molar-refractivity contribution is 0.478. The second-order valence-corrected chi connectivity index (χ2v) is 1.56. The van der Waals surface area contributed by atoms with Gasteiger partial charge >= 0.3 is 0 Å². The summed E-state index contributed by atoms with van der Waals surface area (Å²) in [4.78, 5) is 0. The molecule has 0 saturated heterocycles. The van der Waals surface area contributed by atoms with Crippen LogP contribution in [0.3, 0.4) is 0 Å². The quantitative estimate of drug-likeness (QED) is 0.317. The van der Waals surface area contributed by atoms with Crippen molar-refractivity contribution in [1.29, 1.82) is 10.8 Å². The number of nitrogen functional groups attached to an aromatic ring is 1. The monoisotopic (exact) mass is 137 g/mol. The lowest BCUT2D eigenvalue weighted by Gasteiger charge is -1.92. The minimum absolute atomic E-state index is 0.146. The number of nitrogens with zero attached hydrogens (tertiary/aromatic N) is 2. The molecule has 0 aromatic heterocycles. The fourth-order valence-electron chi connectivity index (χ4n) is 0.488. The number of benzene rings is 1. The van der Waals surface area contributed by atoms with Crippen molar-refractivity contribution in [2.24, 2.45) is 0 Å². The Bertz CT molecular complexity index is 200. The van der Waals surface area contributed by atoms with Crippen LogP contribution < -0.4 is 5.73 Å². The van der Waals surface area contributed by atoms with Gasteiger partial charge in [-0.2, -0.15) is 0 Å². The average Bonchev–Trinajstić information content (AvgIpc) is 2.00. The predicted octanol–water partition coefficient (Wildman–Crippen LogP) is 1.00. The molecule has 0 heterocycles. The van der Waals surface area contributed by atoms with Gasteiger partial charge in [-0.15, -0.1) is 0 Å². The summed E-state index contributed by atoms with van der Waals surface area (Å²) in [5, 5.41) is 20.8. The number of aromatic hydroxyl groups is 1. The molecule has 1 aromatic rings. The van der Waals surface area contributed by atoms with Crippen LogP contribution in [0.15, 0.2) is 24.3 Å². The Labute approximate surface area is 58.3 Å². The molecule has 0 spiro atoms. The Morgan fingerprint density at radius 1 is 1.20 bits per heavy atom. The van der Waals surface area contributed by atoms with Crippen LogP contribution in [0.25, 0.3) is 0 Å². The van der Waals surface area contributed by atoms with E-state index in [1.54, 1.807) is 24.3 Å². The van der Waals surface area contributed by atoms with Gasteiger partial charge in [0, 0.05) is 10.8 Å². The molecule has 0 aliphatic rings. The Hall–Kier alpha value is -1.76. The highest BCUT2D eigenvalue weighted by atomic mass is 16.3. The van der Waals surface area contributed by atoms with Crippen molar-refractivity contribution < 1.29 is 5.11 Å². The lowest BCUT2D eigenvalue weighted by atomic mass is 10.3. The van der Waals surface area contributed by atoms with Gasteiger partial charge in [0.15, 0.2) is 0 Å². The molecule has 4 nitrogen and oxygen atoms in total. The first kappa shape index (κ1) is 8.24. The summed E-state index contributed by atoms with van der Waals surface area (Å²) >= 11 is 0. The zero-order valence-corrected chi connectivity index (χ0v) is 5.23. The molecule has 0 saturated carbocycles. The van der Waals surface area contributed by atoms with E-state index >= 15 is 0 Å². The molecule has 1 aromatic carbocycles. The van der Waals surface area contributed by atoms with Crippen molar-refractivity contribution in [3.05, 3.63) is 24.3 Å². The lowest BCUT2D eigenvalue weighted by Crippen LogP contribution is -1.82. The molecule has 0 bridgehead atoms. The molecule has 0 unspecified atom stereocenters. The number of anilines is 1. The summed E-state index contributed by atoms with van der Waals surface area (Å²) in [7, 11) is 0. The second-order valence-electron chi connectivity index (χ2n) is 1.56. The minimum atomic E-state index is 0.146. The Kier molecular flexibility index (Phi) is 3.42. The number of rotatable bonds is 0. The van der Waals surface area contributed by atoms with Crippen molar-refractivity contribution in [2.75, 3.05) is 5.73 Å². The average molecular weight is 137 g/mol. The standard InChI is InChI=1S/C6H7NO.N2/c7-5-3-1-2-4-6(5)8;1-2/h1-4,8H,7H2;.